The van der Waals surface area contributed by atoms with Gasteiger partial charge in [0.15, 0.2) is 5.43 Å². The lowest BCUT2D eigenvalue weighted by molar-refractivity contribution is 0.0597. The zero-order chi connectivity index (χ0) is 11.0. The van der Waals surface area contributed by atoms with Crippen LogP contribution in [0.2, 0.25) is 0 Å². The molecule has 0 aromatic carbocycles. The number of H-pyrrole nitrogens is 1. The van der Waals surface area contributed by atoms with Gasteiger partial charge in [0.25, 0.3) is 0 Å². The first-order valence-electron chi connectivity index (χ1n) is 4.98. The number of nitrogens with one attached hydrogen (secondary N) is 1. The van der Waals surface area contributed by atoms with E-state index in [1.54, 1.807) is 6.92 Å². The number of carbonyl (C=O) groups excluding carboxylic acids is 1. The van der Waals surface area contributed by atoms with Crippen LogP contribution in [0, 0.1) is 6.92 Å². The van der Waals surface area contributed by atoms with Crippen LogP contribution in [0.4, 0.5) is 0 Å². The average Bonchev–Trinajstić information content (AvgIpc) is 2.65. The summed E-state index contributed by atoms with van der Waals surface area (Å²) >= 11 is 0. The van der Waals surface area contributed by atoms with E-state index in [0.717, 1.165) is 30.5 Å². The van der Waals surface area contributed by atoms with E-state index >= 15 is 0 Å². The maximum absolute atomic E-state index is 12.0. The highest BCUT2D eigenvalue weighted by Gasteiger charge is 2.22. The Morgan fingerprint density at radius 2 is 2.13 bits per heavy atom. The van der Waals surface area contributed by atoms with Crippen LogP contribution < -0.4 is 5.43 Å². The van der Waals surface area contributed by atoms with Crippen molar-refractivity contribution in [2.75, 3.05) is 7.11 Å². The van der Waals surface area contributed by atoms with E-state index < -0.39 is 5.97 Å². The number of rotatable bonds is 1. The van der Waals surface area contributed by atoms with Crippen LogP contribution >= 0.6 is 0 Å². The summed E-state index contributed by atoms with van der Waals surface area (Å²) in [5, 5.41) is 0. The standard InChI is InChI=1S/C11H13NO3/c1-6-9(11(14)15-2)10(13)7-4-3-5-8(7)12-6/h3-5H2,1-2H3,(H,12,13). The van der Waals surface area contributed by atoms with E-state index in [9.17, 15) is 9.59 Å². The fraction of sp³-hybridized carbons (Fsp3) is 0.455. The van der Waals surface area contributed by atoms with Crippen molar-refractivity contribution in [3.8, 4) is 0 Å². The van der Waals surface area contributed by atoms with E-state index in [-0.39, 0.29) is 11.0 Å². The van der Waals surface area contributed by atoms with Gasteiger partial charge < -0.3 is 9.72 Å². The number of esters is 1. The van der Waals surface area contributed by atoms with Crippen LogP contribution in [0.25, 0.3) is 0 Å². The lowest BCUT2D eigenvalue weighted by atomic mass is 10.1. The van der Waals surface area contributed by atoms with Gasteiger partial charge in [-0.25, -0.2) is 4.79 Å². The van der Waals surface area contributed by atoms with E-state index in [2.05, 4.69) is 9.72 Å². The van der Waals surface area contributed by atoms with Crippen molar-refractivity contribution >= 4 is 5.97 Å². The second-order valence-corrected chi connectivity index (χ2v) is 3.76. The van der Waals surface area contributed by atoms with E-state index in [0.29, 0.717) is 5.69 Å². The quantitative estimate of drug-likeness (QED) is 0.698. The number of carbonyl (C=O) groups is 1. The van der Waals surface area contributed by atoms with Crippen LogP contribution in [0.3, 0.4) is 0 Å². The number of methoxy groups -OCH3 is 1. The Morgan fingerprint density at radius 3 is 2.80 bits per heavy atom. The first kappa shape index (κ1) is 9.96. The van der Waals surface area contributed by atoms with Crippen molar-refractivity contribution in [2.24, 2.45) is 0 Å². The van der Waals surface area contributed by atoms with Gasteiger partial charge in [0.2, 0.25) is 0 Å². The molecular weight excluding hydrogens is 194 g/mol. The maximum atomic E-state index is 12.0. The maximum Gasteiger partial charge on any atom is 0.343 e. The van der Waals surface area contributed by atoms with E-state index in [4.69, 9.17) is 0 Å². The monoisotopic (exact) mass is 207 g/mol. The molecule has 0 amide bonds. The second kappa shape index (κ2) is 3.53. The smallest absolute Gasteiger partial charge is 0.343 e. The van der Waals surface area contributed by atoms with Gasteiger partial charge in [-0.05, 0) is 26.2 Å². The SMILES string of the molecule is COC(=O)c1c(C)[nH]c2c(c1=O)CCC2. The summed E-state index contributed by atoms with van der Waals surface area (Å²) in [4.78, 5) is 26.5. The molecule has 4 nitrogen and oxygen atoms in total. The van der Waals surface area contributed by atoms with Gasteiger partial charge in [-0.2, -0.15) is 0 Å². The molecular formula is C11H13NO3. The van der Waals surface area contributed by atoms with Crippen molar-refractivity contribution in [2.45, 2.75) is 26.2 Å². The fourth-order valence-electron chi connectivity index (χ4n) is 2.09. The first-order chi connectivity index (χ1) is 7.15. The molecule has 1 heterocycles. The molecule has 1 N–H and O–H groups in total. The Bertz CT molecular complexity index is 473. The number of pyridine rings is 1. The molecule has 4 heteroatoms. The predicted octanol–water partition coefficient (Wildman–Crippen LogP) is 0.959. The minimum atomic E-state index is -0.552. The number of aryl methyl sites for hydroxylation is 2. The highest BCUT2D eigenvalue weighted by molar-refractivity contribution is 5.90. The van der Waals surface area contributed by atoms with Crippen LogP contribution in [0.1, 0.15) is 33.7 Å². The number of aromatic amines is 1. The van der Waals surface area contributed by atoms with E-state index in [1.165, 1.54) is 7.11 Å². The summed E-state index contributed by atoms with van der Waals surface area (Å²) < 4.78 is 4.60. The molecule has 0 aliphatic heterocycles. The summed E-state index contributed by atoms with van der Waals surface area (Å²) in [7, 11) is 1.29. The lowest BCUT2D eigenvalue weighted by Crippen LogP contribution is -2.23. The largest absolute Gasteiger partial charge is 0.465 e. The van der Waals surface area contributed by atoms with Crippen LogP contribution in [-0.4, -0.2) is 18.1 Å². The number of ether oxygens (including phenoxy) is 1. The van der Waals surface area contributed by atoms with Gasteiger partial charge in [-0.1, -0.05) is 0 Å². The van der Waals surface area contributed by atoms with Crippen molar-refractivity contribution in [3.63, 3.8) is 0 Å². The van der Waals surface area contributed by atoms with E-state index in [1.807, 2.05) is 0 Å². The third-order valence-corrected chi connectivity index (χ3v) is 2.82. The summed E-state index contributed by atoms with van der Waals surface area (Å²) in [6.07, 6.45) is 2.63. The van der Waals surface area contributed by atoms with Gasteiger partial charge in [0, 0.05) is 17.0 Å². The zero-order valence-corrected chi connectivity index (χ0v) is 8.85. The minimum absolute atomic E-state index is 0.151. The van der Waals surface area contributed by atoms with Gasteiger partial charge in [-0.3, -0.25) is 4.79 Å². The third kappa shape index (κ3) is 1.46. The molecule has 2 rings (SSSR count). The minimum Gasteiger partial charge on any atom is -0.465 e. The molecule has 1 aliphatic rings. The molecule has 0 bridgehead atoms. The molecule has 1 aromatic heterocycles. The van der Waals surface area contributed by atoms with Gasteiger partial charge in [-0.15, -0.1) is 0 Å². The van der Waals surface area contributed by atoms with Gasteiger partial charge >= 0.3 is 5.97 Å². The summed E-state index contributed by atoms with van der Waals surface area (Å²) in [6, 6.07) is 0. The van der Waals surface area contributed by atoms with Crippen molar-refractivity contribution in [1.29, 1.82) is 0 Å². The van der Waals surface area contributed by atoms with Crippen LogP contribution in [0.5, 0.6) is 0 Å². The van der Waals surface area contributed by atoms with Gasteiger partial charge in [0.1, 0.15) is 5.56 Å². The number of hydrogen-bond acceptors (Lipinski definition) is 3. The fourth-order valence-corrected chi connectivity index (χ4v) is 2.09. The van der Waals surface area contributed by atoms with Gasteiger partial charge in [0.05, 0.1) is 7.11 Å². The normalized spacial score (nSPS) is 13.7. The molecule has 15 heavy (non-hydrogen) atoms. The molecule has 0 fully saturated rings. The Balaban J connectivity index is 2.67. The summed E-state index contributed by atoms with van der Waals surface area (Å²) in [5.74, 6) is -0.552. The zero-order valence-electron chi connectivity index (χ0n) is 8.85. The van der Waals surface area contributed by atoms with Crippen molar-refractivity contribution in [3.05, 3.63) is 32.7 Å². The van der Waals surface area contributed by atoms with Crippen LogP contribution in [-0.2, 0) is 17.6 Å². The topological polar surface area (TPSA) is 59.2 Å². The van der Waals surface area contributed by atoms with Crippen molar-refractivity contribution in [1.82, 2.24) is 4.98 Å². The molecule has 1 aliphatic carbocycles. The Morgan fingerprint density at radius 1 is 1.40 bits per heavy atom. The molecule has 0 atom stereocenters. The molecule has 0 radical (unpaired) electrons. The van der Waals surface area contributed by atoms with Crippen LogP contribution in [0.15, 0.2) is 4.79 Å². The number of aromatic nitrogens is 1. The van der Waals surface area contributed by atoms with Crippen molar-refractivity contribution < 1.29 is 9.53 Å². The number of hydrogen-bond donors (Lipinski definition) is 1. The molecule has 80 valence electrons. The first-order valence-corrected chi connectivity index (χ1v) is 4.98. The number of fused-ring (bicyclic) bond motifs is 1. The predicted molar refractivity (Wildman–Crippen MR) is 55.2 cm³/mol. The molecule has 0 unspecified atom stereocenters. The lowest BCUT2D eigenvalue weighted by Gasteiger charge is -2.06. The average molecular weight is 207 g/mol. The molecule has 0 saturated heterocycles. The highest BCUT2D eigenvalue weighted by atomic mass is 16.5. The molecule has 0 spiro atoms. The third-order valence-electron chi connectivity index (χ3n) is 2.82. The summed E-state index contributed by atoms with van der Waals surface area (Å²) in [5.41, 5.74) is 2.32. The Hall–Kier alpha value is -1.58. The summed E-state index contributed by atoms with van der Waals surface area (Å²) in [6.45, 7) is 1.73. The Labute approximate surface area is 87.3 Å². The molecule has 1 aromatic rings. The highest BCUT2D eigenvalue weighted by Crippen LogP contribution is 2.18. The second-order valence-electron chi connectivity index (χ2n) is 3.76. The Kier molecular flexibility index (Phi) is 2.34. The molecule has 0 saturated carbocycles.